The highest BCUT2D eigenvalue weighted by Crippen LogP contribution is 2.35. The number of nitrogens with zero attached hydrogens (tertiary/aromatic N) is 4. The number of aliphatic hydroxyl groups excluding tert-OH is 1. The summed E-state index contributed by atoms with van der Waals surface area (Å²) in [5.41, 5.74) is 4.41. The molecule has 5 N–H and O–H groups in total. The van der Waals surface area contributed by atoms with Crippen LogP contribution in [0.3, 0.4) is 0 Å². The third-order valence-corrected chi connectivity index (χ3v) is 8.15. The number of anilines is 4. The molecule has 4 aromatic carbocycles. The molecule has 0 aliphatic rings. The van der Waals surface area contributed by atoms with Gasteiger partial charge >= 0.3 is 6.03 Å². The van der Waals surface area contributed by atoms with Gasteiger partial charge in [-0.25, -0.2) is 14.5 Å². The summed E-state index contributed by atoms with van der Waals surface area (Å²) in [6.45, 7) is 4.16. The number of fused-ring (bicyclic) bond motifs is 1. The minimum Gasteiger partial charge on any atom is -0.495 e. The molecule has 266 valence electrons. The van der Waals surface area contributed by atoms with Crippen LogP contribution in [0.25, 0.3) is 16.5 Å². The number of hydrogen-bond donors (Lipinski definition) is 5. The predicted molar refractivity (Wildman–Crippen MR) is 201 cm³/mol. The lowest BCUT2D eigenvalue weighted by Gasteiger charge is -2.15. The number of amides is 3. The van der Waals surface area contributed by atoms with E-state index in [2.05, 4.69) is 38.2 Å². The maximum absolute atomic E-state index is 13.4. The first-order chi connectivity index (χ1) is 25.3. The Morgan fingerprint density at radius 1 is 0.885 bits per heavy atom. The molecule has 0 saturated carbocycles. The molecule has 2 aromatic heterocycles. The predicted octanol–water partition coefficient (Wildman–Crippen LogP) is 7.38. The molecule has 6 rings (SSSR count). The Morgan fingerprint density at radius 3 is 2.44 bits per heavy atom. The number of carbonyl (C=O) groups excluding carboxylic acids is 2. The molecular weight excluding hydrogens is 660 g/mol. The molecule has 0 aliphatic carbocycles. The lowest BCUT2D eigenvalue weighted by molar-refractivity contribution is 0.0944. The van der Waals surface area contributed by atoms with Gasteiger partial charge in [-0.05, 0) is 62.2 Å². The summed E-state index contributed by atoms with van der Waals surface area (Å²) >= 11 is 0. The number of benzene rings is 4. The third kappa shape index (κ3) is 8.45. The highest BCUT2D eigenvalue weighted by Gasteiger charge is 2.16. The van der Waals surface area contributed by atoms with E-state index in [4.69, 9.17) is 19.7 Å². The molecule has 3 amide bonds. The van der Waals surface area contributed by atoms with Gasteiger partial charge in [-0.2, -0.15) is 10.1 Å². The molecular formula is C39H40N8O5. The highest BCUT2D eigenvalue weighted by atomic mass is 16.5. The van der Waals surface area contributed by atoms with Gasteiger partial charge in [0.15, 0.2) is 0 Å². The minimum atomic E-state index is -0.408. The average Bonchev–Trinajstić information content (AvgIpc) is 3.56. The van der Waals surface area contributed by atoms with E-state index >= 15 is 0 Å². The summed E-state index contributed by atoms with van der Waals surface area (Å²) in [5.74, 6) is 1.70. The van der Waals surface area contributed by atoms with E-state index in [1.165, 1.54) is 7.11 Å². The number of rotatable bonds is 14. The lowest BCUT2D eigenvalue weighted by Crippen LogP contribution is -2.26. The zero-order valence-corrected chi connectivity index (χ0v) is 29.1. The van der Waals surface area contributed by atoms with Gasteiger partial charge in [-0.15, -0.1) is 0 Å². The SMILES string of the molecule is CCCCc1cc(NC(=O)Nc2ccc(Oc3ccnc(Nc4ccc(C(=O)NCCO)cc4OC)n3)c3ccccc23)n(-c2ccc(C)cc2)n1. The lowest BCUT2D eigenvalue weighted by atomic mass is 10.1. The zero-order valence-electron chi connectivity index (χ0n) is 29.1. The summed E-state index contributed by atoms with van der Waals surface area (Å²) in [7, 11) is 1.49. The Balaban J connectivity index is 1.19. The van der Waals surface area contributed by atoms with E-state index in [9.17, 15) is 9.59 Å². The molecule has 6 aromatic rings. The standard InChI is InChI=1S/C39H40N8O5/c1-4-5-8-27-24-35(47(46-27)28-14-11-25(2)12-15-28)44-39(50)43-31-17-18-33(30-10-7-6-9-29(30)31)52-36-19-20-41-38(45-36)42-32-16-13-26(23-34(32)51-3)37(49)40-21-22-48/h6-7,9-20,23-24,48H,4-5,8,21-22H2,1-3H3,(H,40,49)(H,41,42,45)(H2,43,44,50). The fourth-order valence-electron chi connectivity index (χ4n) is 5.52. The van der Waals surface area contributed by atoms with Crippen LogP contribution in [0, 0.1) is 6.92 Å². The first-order valence-corrected chi connectivity index (χ1v) is 17.0. The van der Waals surface area contributed by atoms with E-state index in [0.29, 0.717) is 34.3 Å². The molecule has 13 nitrogen and oxygen atoms in total. The number of nitrogens with one attached hydrogen (secondary N) is 4. The van der Waals surface area contributed by atoms with Crippen LogP contribution in [-0.4, -0.2) is 57.1 Å². The molecule has 0 saturated heterocycles. The molecule has 0 unspecified atom stereocenters. The Hall–Kier alpha value is -6.47. The Bertz CT molecular complexity index is 2180. The fraction of sp³-hybridized carbons (Fsp3) is 0.205. The van der Waals surface area contributed by atoms with Crippen molar-refractivity contribution in [3.8, 4) is 23.1 Å². The second-order valence-corrected chi connectivity index (χ2v) is 11.9. The number of methoxy groups -OCH3 is 1. The van der Waals surface area contributed by atoms with Crippen molar-refractivity contribution < 1.29 is 24.2 Å². The molecule has 0 bridgehead atoms. The fourth-order valence-corrected chi connectivity index (χ4v) is 5.52. The van der Waals surface area contributed by atoms with E-state index in [0.717, 1.165) is 47.0 Å². The first-order valence-electron chi connectivity index (χ1n) is 17.0. The van der Waals surface area contributed by atoms with Gasteiger partial charge in [0.25, 0.3) is 5.91 Å². The number of hydrogen-bond acceptors (Lipinski definition) is 9. The van der Waals surface area contributed by atoms with E-state index in [1.54, 1.807) is 47.3 Å². The number of aliphatic hydroxyl groups is 1. The van der Waals surface area contributed by atoms with Crippen LogP contribution in [0.5, 0.6) is 17.4 Å². The van der Waals surface area contributed by atoms with Crippen LogP contribution in [0.4, 0.5) is 27.9 Å². The molecule has 0 spiro atoms. The molecule has 0 atom stereocenters. The second-order valence-electron chi connectivity index (χ2n) is 11.9. The second kappa shape index (κ2) is 16.5. The van der Waals surface area contributed by atoms with Crippen LogP contribution in [0.2, 0.25) is 0 Å². The van der Waals surface area contributed by atoms with Crippen LogP contribution in [0.15, 0.2) is 97.2 Å². The summed E-state index contributed by atoms with van der Waals surface area (Å²) in [6, 6.07) is 27.2. The number of unbranched alkanes of at least 4 members (excludes halogenated alkanes) is 1. The molecule has 0 aliphatic heterocycles. The summed E-state index contributed by atoms with van der Waals surface area (Å²) in [6.07, 6.45) is 4.42. The number of aryl methyl sites for hydroxylation is 2. The monoisotopic (exact) mass is 700 g/mol. The molecule has 2 heterocycles. The third-order valence-electron chi connectivity index (χ3n) is 8.15. The summed E-state index contributed by atoms with van der Waals surface area (Å²) in [5, 5.41) is 27.0. The summed E-state index contributed by atoms with van der Waals surface area (Å²) in [4.78, 5) is 34.6. The maximum atomic E-state index is 13.4. The van der Waals surface area contributed by atoms with Crippen molar-refractivity contribution >= 4 is 45.9 Å². The van der Waals surface area contributed by atoms with Gasteiger partial charge < -0.3 is 30.5 Å². The Kier molecular flexibility index (Phi) is 11.2. The van der Waals surface area contributed by atoms with Gasteiger partial charge in [0.05, 0.1) is 36.5 Å². The van der Waals surface area contributed by atoms with E-state index < -0.39 is 6.03 Å². The highest BCUT2D eigenvalue weighted by molar-refractivity contribution is 6.07. The Morgan fingerprint density at radius 2 is 1.67 bits per heavy atom. The van der Waals surface area contributed by atoms with Crippen LogP contribution < -0.4 is 30.7 Å². The van der Waals surface area contributed by atoms with Crippen molar-refractivity contribution in [3.63, 3.8) is 0 Å². The quantitative estimate of drug-likeness (QED) is 0.0780. The van der Waals surface area contributed by atoms with Crippen molar-refractivity contribution in [2.24, 2.45) is 0 Å². The maximum Gasteiger partial charge on any atom is 0.324 e. The summed E-state index contributed by atoms with van der Waals surface area (Å²) < 4.78 is 13.5. The van der Waals surface area contributed by atoms with Crippen molar-refractivity contribution in [2.75, 3.05) is 36.2 Å². The number of urea groups is 1. The average molecular weight is 701 g/mol. The van der Waals surface area contributed by atoms with Gasteiger partial charge in [0, 0.05) is 41.2 Å². The molecule has 0 radical (unpaired) electrons. The van der Waals surface area contributed by atoms with Gasteiger partial charge in [-0.3, -0.25) is 10.1 Å². The van der Waals surface area contributed by atoms with Gasteiger partial charge in [-0.1, -0.05) is 55.3 Å². The van der Waals surface area contributed by atoms with Crippen LogP contribution in [-0.2, 0) is 6.42 Å². The van der Waals surface area contributed by atoms with E-state index in [1.807, 2.05) is 61.5 Å². The minimum absolute atomic E-state index is 0.147. The molecule has 13 heteroatoms. The van der Waals surface area contributed by atoms with Crippen molar-refractivity contribution in [1.29, 1.82) is 0 Å². The number of aromatic nitrogens is 4. The van der Waals surface area contributed by atoms with Crippen molar-refractivity contribution in [3.05, 3.63) is 114 Å². The smallest absolute Gasteiger partial charge is 0.324 e. The zero-order chi connectivity index (χ0) is 36.5. The van der Waals surface area contributed by atoms with Crippen LogP contribution >= 0.6 is 0 Å². The largest absolute Gasteiger partial charge is 0.495 e. The van der Waals surface area contributed by atoms with Crippen LogP contribution in [0.1, 0.15) is 41.4 Å². The van der Waals surface area contributed by atoms with Gasteiger partial charge in [0.2, 0.25) is 11.8 Å². The topological polar surface area (TPSA) is 165 Å². The van der Waals surface area contributed by atoms with Gasteiger partial charge in [0.1, 0.15) is 17.3 Å². The van der Waals surface area contributed by atoms with Crippen molar-refractivity contribution in [1.82, 2.24) is 25.1 Å². The number of carbonyl (C=O) groups is 2. The van der Waals surface area contributed by atoms with E-state index in [-0.39, 0.29) is 30.9 Å². The number of ether oxygens (including phenoxy) is 2. The Labute approximate surface area is 301 Å². The van der Waals surface area contributed by atoms with Crippen molar-refractivity contribution in [2.45, 2.75) is 33.1 Å². The first kappa shape index (κ1) is 35.4. The molecule has 0 fully saturated rings. The molecule has 52 heavy (non-hydrogen) atoms. The normalized spacial score (nSPS) is 10.8.